The highest BCUT2D eigenvalue weighted by atomic mass is 19.1. The molecule has 0 bridgehead atoms. The summed E-state index contributed by atoms with van der Waals surface area (Å²) in [5, 5.41) is 15.6. The first-order valence-electron chi connectivity index (χ1n) is 5.71. The van der Waals surface area contributed by atoms with E-state index in [1.54, 1.807) is 19.1 Å². The third-order valence-electron chi connectivity index (χ3n) is 2.58. The topological polar surface area (TPSA) is 75.4 Å². The lowest BCUT2D eigenvalue weighted by atomic mass is 10.1. The molecule has 0 aliphatic heterocycles. The number of carboxylic acid groups (broad SMARTS) is 1. The molecule has 2 aromatic rings. The van der Waals surface area contributed by atoms with Gasteiger partial charge in [0.05, 0.1) is 11.3 Å². The lowest BCUT2D eigenvalue weighted by Crippen LogP contribution is -2.13. The first-order valence-corrected chi connectivity index (χ1v) is 5.71. The predicted molar refractivity (Wildman–Crippen MR) is 65.1 cm³/mol. The van der Waals surface area contributed by atoms with E-state index < -0.39 is 11.8 Å². The van der Waals surface area contributed by atoms with Crippen LogP contribution in [0.15, 0.2) is 28.8 Å². The zero-order valence-corrected chi connectivity index (χ0v) is 10.3. The van der Waals surface area contributed by atoms with E-state index in [9.17, 15) is 9.18 Å². The summed E-state index contributed by atoms with van der Waals surface area (Å²) in [7, 11) is 0. The monoisotopic (exact) mass is 264 g/mol. The number of hydrogen-bond acceptors (Lipinski definition) is 4. The maximum atomic E-state index is 13.4. The van der Waals surface area contributed by atoms with Crippen molar-refractivity contribution in [2.75, 3.05) is 0 Å². The number of aromatic carboxylic acids is 1. The first-order chi connectivity index (χ1) is 9.06. The Labute approximate surface area is 109 Å². The van der Waals surface area contributed by atoms with Crippen LogP contribution >= 0.6 is 0 Å². The molecular formula is C13H13FN2O3. The molecule has 6 heteroatoms. The van der Waals surface area contributed by atoms with Crippen molar-refractivity contribution in [1.29, 1.82) is 0 Å². The predicted octanol–water partition coefficient (Wildman–Crippen LogP) is 2.11. The van der Waals surface area contributed by atoms with Crippen LogP contribution in [0.1, 0.15) is 27.4 Å². The van der Waals surface area contributed by atoms with E-state index in [2.05, 4.69) is 10.5 Å². The van der Waals surface area contributed by atoms with Gasteiger partial charge in [-0.1, -0.05) is 11.2 Å². The van der Waals surface area contributed by atoms with Crippen molar-refractivity contribution >= 4 is 5.97 Å². The Balaban J connectivity index is 1.93. The van der Waals surface area contributed by atoms with E-state index in [0.29, 0.717) is 18.7 Å². The molecule has 2 rings (SSSR count). The Kier molecular flexibility index (Phi) is 3.91. The fourth-order valence-corrected chi connectivity index (χ4v) is 1.68. The summed E-state index contributed by atoms with van der Waals surface area (Å²) in [6, 6.07) is 5.86. The van der Waals surface area contributed by atoms with Crippen LogP contribution in [0, 0.1) is 12.7 Å². The van der Waals surface area contributed by atoms with Crippen molar-refractivity contribution in [3.63, 3.8) is 0 Å². The number of halogens is 1. The number of aryl methyl sites for hydroxylation is 1. The number of hydrogen-bond donors (Lipinski definition) is 2. The van der Waals surface area contributed by atoms with Gasteiger partial charge in [0.2, 0.25) is 0 Å². The van der Waals surface area contributed by atoms with Gasteiger partial charge < -0.3 is 14.9 Å². The van der Waals surface area contributed by atoms with Gasteiger partial charge >= 0.3 is 5.97 Å². The average molecular weight is 264 g/mol. The fourth-order valence-electron chi connectivity index (χ4n) is 1.68. The normalized spacial score (nSPS) is 10.6. The van der Waals surface area contributed by atoms with E-state index in [0.717, 1.165) is 11.5 Å². The van der Waals surface area contributed by atoms with E-state index in [1.807, 2.05) is 0 Å². The third-order valence-corrected chi connectivity index (χ3v) is 2.58. The molecule has 0 fully saturated rings. The van der Waals surface area contributed by atoms with Gasteiger partial charge in [-0.05, 0) is 24.6 Å². The number of benzene rings is 1. The highest BCUT2D eigenvalue weighted by Gasteiger charge is 2.10. The van der Waals surface area contributed by atoms with E-state index in [1.165, 1.54) is 12.1 Å². The molecule has 0 spiro atoms. The summed E-state index contributed by atoms with van der Waals surface area (Å²) in [5.41, 5.74) is 1.11. The lowest BCUT2D eigenvalue weighted by Gasteiger charge is -2.04. The SMILES string of the molecule is Cc1cc(CNCc2ccc(C(=O)O)c(F)c2)no1. The highest BCUT2D eigenvalue weighted by Crippen LogP contribution is 2.10. The van der Waals surface area contributed by atoms with Gasteiger partial charge in [0.15, 0.2) is 0 Å². The zero-order chi connectivity index (χ0) is 13.8. The van der Waals surface area contributed by atoms with E-state index in [-0.39, 0.29) is 5.56 Å². The minimum absolute atomic E-state index is 0.323. The maximum absolute atomic E-state index is 13.4. The van der Waals surface area contributed by atoms with E-state index >= 15 is 0 Å². The summed E-state index contributed by atoms with van der Waals surface area (Å²) in [5.74, 6) is -1.27. The summed E-state index contributed by atoms with van der Waals surface area (Å²) >= 11 is 0. The summed E-state index contributed by atoms with van der Waals surface area (Å²) < 4.78 is 18.3. The Morgan fingerprint density at radius 1 is 1.42 bits per heavy atom. The number of carboxylic acids is 1. The van der Waals surface area contributed by atoms with Crippen LogP contribution in [-0.2, 0) is 13.1 Å². The maximum Gasteiger partial charge on any atom is 0.338 e. The van der Waals surface area contributed by atoms with Crippen LogP contribution < -0.4 is 5.32 Å². The van der Waals surface area contributed by atoms with Crippen molar-refractivity contribution in [1.82, 2.24) is 10.5 Å². The van der Waals surface area contributed by atoms with Gasteiger partial charge in [-0.3, -0.25) is 0 Å². The number of rotatable bonds is 5. The summed E-state index contributed by atoms with van der Waals surface area (Å²) in [6.45, 7) is 2.72. The van der Waals surface area contributed by atoms with Crippen LogP contribution in [0.25, 0.3) is 0 Å². The van der Waals surface area contributed by atoms with Crippen molar-refractivity contribution in [2.45, 2.75) is 20.0 Å². The number of nitrogens with one attached hydrogen (secondary N) is 1. The Bertz CT molecular complexity index is 595. The summed E-state index contributed by atoms with van der Waals surface area (Å²) in [6.07, 6.45) is 0. The average Bonchev–Trinajstić information content (AvgIpc) is 2.75. The molecule has 19 heavy (non-hydrogen) atoms. The van der Waals surface area contributed by atoms with Crippen LogP contribution in [0.2, 0.25) is 0 Å². The molecule has 0 amide bonds. The van der Waals surface area contributed by atoms with Crippen molar-refractivity contribution in [3.05, 3.63) is 52.7 Å². The smallest absolute Gasteiger partial charge is 0.338 e. The third kappa shape index (κ3) is 3.38. The van der Waals surface area contributed by atoms with E-state index in [4.69, 9.17) is 9.63 Å². The molecule has 100 valence electrons. The molecule has 0 saturated carbocycles. The molecule has 0 aliphatic carbocycles. The van der Waals surface area contributed by atoms with Gasteiger partial charge in [0, 0.05) is 19.2 Å². The van der Waals surface area contributed by atoms with Crippen LogP contribution in [-0.4, -0.2) is 16.2 Å². The van der Waals surface area contributed by atoms with Gasteiger partial charge in [-0.25, -0.2) is 9.18 Å². The Morgan fingerprint density at radius 2 is 2.21 bits per heavy atom. The first kappa shape index (κ1) is 13.2. The van der Waals surface area contributed by atoms with Crippen LogP contribution in [0.4, 0.5) is 4.39 Å². The minimum atomic E-state index is -1.27. The van der Waals surface area contributed by atoms with Crippen molar-refractivity contribution in [3.8, 4) is 0 Å². The molecule has 1 aromatic heterocycles. The summed E-state index contributed by atoms with van der Waals surface area (Å²) in [4.78, 5) is 10.7. The number of nitrogens with zero attached hydrogens (tertiary/aromatic N) is 1. The van der Waals surface area contributed by atoms with Crippen molar-refractivity contribution in [2.24, 2.45) is 0 Å². The largest absolute Gasteiger partial charge is 0.478 e. The van der Waals surface area contributed by atoms with Gasteiger partial charge in [-0.15, -0.1) is 0 Å². The van der Waals surface area contributed by atoms with Gasteiger partial charge in [0.1, 0.15) is 11.6 Å². The van der Waals surface area contributed by atoms with Crippen LogP contribution in [0.5, 0.6) is 0 Å². The van der Waals surface area contributed by atoms with Gasteiger partial charge in [0.25, 0.3) is 0 Å². The highest BCUT2D eigenvalue weighted by molar-refractivity contribution is 5.87. The standard InChI is InChI=1S/C13H13FN2O3/c1-8-4-10(16-19-8)7-15-6-9-2-3-11(13(17)18)12(14)5-9/h2-5,15H,6-7H2,1H3,(H,17,18). The van der Waals surface area contributed by atoms with Crippen molar-refractivity contribution < 1.29 is 18.8 Å². The van der Waals surface area contributed by atoms with Crippen LogP contribution in [0.3, 0.4) is 0 Å². The Morgan fingerprint density at radius 3 is 2.79 bits per heavy atom. The molecule has 5 nitrogen and oxygen atoms in total. The fraction of sp³-hybridized carbons (Fsp3) is 0.231. The molecule has 0 radical (unpaired) electrons. The second-order valence-corrected chi connectivity index (χ2v) is 4.15. The number of aromatic nitrogens is 1. The Hall–Kier alpha value is -2.21. The zero-order valence-electron chi connectivity index (χ0n) is 10.3. The minimum Gasteiger partial charge on any atom is -0.478 e. The quantitative estimate of drug-likeness (QED) is 0.865. The molecule has 0 atom stereocenters. The molecule has 0 unspecified atom stereocenters. The molecule has 0 saturated heterocycles. The van der Waals surface area contributed by atoms with Gasteiger partial charge in [-0.2, -0.15) is 0 Å². The number of carbonyl (C=O) groups is 1. The molecular weight excluding hydrogens is 251 g/mol. The second kappa shape index (κ2) is 5.62. The molecule has 2 N–H and O–H groups in total. The molecule has 0 aliphatic rings. The lowest BCUT2D eigenvalue weighted by molar-refractivity contribution is 0.0692. The molecule has 1 heterocycles. The molecule has 1 aromatic carbocycles. The second-order valence-electron chi connectivity index (χ2n) is 4.15.